The number of aromatic nitrogens is 3. The Morgan fingerprint density at radius 2 is 1.73 bits per heavy atom. The van der Waals surface area contributed by atoms with Gasteiger partial charge >= 0.3 is 0 Å². The molecule has 30 heavy (non-hydrogen) atoms. The van der Waals surface area contributed by atoms with Gasteiger partial charge in [0.25, 0.3) is 5.91 Å². The second-order valence-corrected chi connectivity index (χ2v) is 8.02. The lowest BCUT2D eigenvalue weighted by molar-refractivity contribution is 0.0952. The summed E-state index contributed by atoms with van der Waals surface area (Å²) in [5.41, 5.74) is 7.13. The van der Waals surface area contributed by atoms with Crippen molar-refractivity contribution < 1.29 is 4.79 Å². The van der Waals surface area contributed by atoms with Crippen molar-refractivity contribution in [3.63, 3.8) is 0 Å². The molecule has 0 aliphatic carbocycles. The van der Waals surface area contributed by atoms with Crippen LogP contribution in [0.2, 0.25) is 5.02 Å². The zero-order chi connectivity index (χ0) is 21.4. The lowest BCUT2D eigenvalue weighted by Crippen LogP contribution is -2.23. The maximum Gasteiger partial charge on any atom is 0.252 e. The quantitative estimate of drug-likeness (QED) is 0.493. The van der Waals surface area contributed by atoms with Gasteiger partial charge in [-0.25, -0.2) is 9.67 Å². The van der Waals surface area contributed by atoms with Crippen molar-refractivity contribution in [1.82, 2.24) is 20.1 Å². The fourth-order valence-electron chi connectivity index (χ4n) is 3.51. The molecule has 0 fully saturated rings. The molecule has 0 aliphatic heterocycles. The van der Waals surface area contributed by atoms with Crippen LogP contribution in [0.15, 0.2) is 48.5 Å². The van der Waals surface area contributed by atoms with Crippen LogP contribution >= 0.6 is 11.6 Å². The molecule has 0 radical (unpaired) electrons. The molecule has 0 unspecified atom stereocenters. The van der Waals surface area contributed by atoms with Gasteiger partial charge in [0.05, 0.1) is 22.3 Å². The molecule has 1 amide bonds. The van der Waals surface area contributed by atoms with E-state index in [1.807, 2.05) is 54.9 Å². The number of rotatable bonds is 4. The molecule has 0 spiro atoms. The molecule has 5 nitrogen and oxygen atoms in total. The van der Waals surface area contributed by atoms with E-state index in [2.05, 4.69) is 31.3 Å². The SMILES string of the molecule is Cc1cc(C(=O)NCc2ccc(Cl)cc2)c2c(C)nn(-c3ccc(C)c(C)c3)c2n1. The lowest BCUT2D eigenvalue weighted by atomic mass is 10.1. The summed E-state index contributed by atoms with van der Waals surface area (Å²) < 4.78 is 1.82. The van der Waals surface area contributed by atoms with Crippen molar-refractivity contribution in [3.05, 3.63) is 87.2 Å². The Kier molecular flexibility index (Phi) is 5.31. The molecule has 4 rings (SSSR count). The molecule has 4 aromatic rings. The molecule has 6 heteroatoms. The zero-order valence-corrected chi connectivity index (χ0v) is 18.2. The molecule has 2 heterocycles. The summed E-state index contributed by atoms with van der Waals surface area (Å²) in [6.45, 7) is 8.38. The largest absolute Gasteiger partial charge is 0.348 e. The Morgan fingerprint density at radius 1 is 1.00 bits per heavy atom. The number of halogens is 1. The van der Waals surface area contributed by atoms with E-state index >= 15 is 0 Å². The summed E-state index contributed by atoms with van der Waals surface area (Å²) in [5.74, 6) is -0.150. The number of nitrogens with zero attached hydrogens (tertiary/aromatic N) is 3. The molecule has 1 N–H and O–H groups in total. The smallest absolute Gasteiger partial charge is 0.252 e. The van der Waals surface area contributed by atoms with Crippen molar-refractivity contribution in [2.45, 2.75) is 34.2 Å². The Bertz CT molecular complexity index is 1260. The highest BCUT2D eigenvalue weighted by molar-refractivity contribution is 6.30. The second-order valence-electron chi connectivity index (χ2n) is 7.58. The van der Waals surface area contributed by atoms with Crippen LogP contribution in [0.1, 0.15) is 38.4 Å². The highest BCUT2D eigenvalue weighted by Crippen LogP contribution is 2.26. The molecule has 0 aliphatic rings. The predicted molar refractivity (Wildman–Crippen MR) is 120 cm³/mol. The molecule has 0 bridgehead atoms. The topological polar surface area (TPSA) is 59.8 Å². The Morgan fingerprint density at radius 3 is 2.43 bits per heavy atom. The second kappa shape index (κ2) is 7.92. The van der Waals surface area contributed by atoms with Crippen LogP contribution in [0.5, 0.6) is 0 Å². The first-order valence-electron chi connectivity index (χ1n) is 9.80. The van der Waals surface area contributed by atoms with Crippen molar-refractivity contribution in [2.75, 3.05) is 0 Å². The number of benzene rings is 2. The minimum Gasteiger partial charge on any atom is -0.348 e. The Hall–Kier alpha value is -3.18. The number of hydrogen-bond acceptors (Lipinski definition) is 3. The molecule has 0 saturated heterocycles. The fraction of sp³-hybridized carbons (Fsp3) is 0.208. The van der Waals surface area contributed by atoms with Crippen molar-refractivity contribution in [3.8, 4) is 5.69 Å². The molecular weight excluding hydrogens is 396 g/mol. The first-order valence-corrected chi connectivity index (χ1v) is 10.2. The summed E-state index contributed by atoms with van der Waals surface area (Å²) in [5, 5.41) is 9.15. The van der Waals surface area contributed by atoms with Crippen LogP contribution in [0.3, 0.4) is 0 Å². The van der Waals surface area contributed by atoms with Crippen molar-refractivity contribution in [1.29, 1.82) is 0 Å². The summed E-state index contributed by atoms with van der Waals surface area (Å²) >= 11 is 5.94. The average Bonchev–Trinajstić information content (AvgIpc) is 3.05. The number of pyridine rings is 1. The van der Waals surface area contributed by atoms with Gasteiger partial charge in [-0.05, 0) is 74.7 Å². The molecule has 0 atom stereocenters. The third kappa shape index (κ3) is 3.81. The highest BCUT2D eigenvalue weighted by atomic mass is 35.5. The van der Waals surface area contributed by atoms with Gasteiger partial charge in [-0.1, -0.05) is 29.8 Å². The number of hydrogen-bond donors (Lipinski definition) is 1. The van der Waals surface area contributed by atoms with Gasteiger partial charge in [-0.3, -0.25) is 4.79 Å². The molecular formula is C24H23ClN4O. The summed E-state index contributed by atoms with van der Waals surface area (Å²) in [4.78, 5) is 17.7. The number of fused-ring (bicyclic) bond motifs is 1. The number of amides is 1. The molecule has 152 valence electrons. The van der Waals surface area contributed by atoms with E-state index in [0.717, 1.165) is 28.0 Å². The first kappa shape index (κ1) is 20.1. The predicted octanol–water partition coefficient (Wildman–Crippen LogP) is 5.24. The van der Waals surface area contributed by atoms with Gasteiger partial charge in [-0.15, -0.1) is 0 Å². The summed E-state index contributed by atoms with van der Waals surface area (Å²) in [6.07, 6.45) is 0. The van der Waals surface area contributed by atoms with Crippen molar-refractivity contribution in [2.24, 2.45) is 0 Å². The number of nitrogens with one attached hydrogen (secondary N) is 1. The first-order chi connectivity index (χ1) is 14.3. The summed E-state index contributed by atoms with van der Waals surface area (Å²) in [6, 6.07) is 15.4. The van der Waals surface area contributed by atoms with E-state index in [1.165, 1.54) is 11.1 Å². The highest BCUT2D eigenvalue weighted by Gasteiger charge is 2.19. The minimum atomic E-state index is -0.150. The van der Waals surface area contributed by atoms with E-state index < -0.39 is 0 Å². The monoisotopic (exact) mass is 418 g/mol. The van der Waals surface area contributed by atoms with Gasteiger partial charge in [0.15, 0.2) is 5.65 Å². The van der Waals surface area contributed by atoms with Gasteiger partial charge in [-0.2, -0.15) is 5.10 Å². The third-order valence-corrected chi connectivity index (χ3v) is 5.54. The van der Waals surface area contributed by atoms with Crippen LogP contribution in [-0.4, -0.2) is 20.7 Å². The molecule has 2 aromatic heterocycles. The minimum absolute atomic E-state index is 0.150. The van der Waals surface area contributed by atoms with E-state index in [-0.39, 0.29) is 5.91 Å². The molecule has 0 saturated carbocycles. The van der Waals surface area contributed by atoms with Crippen LogP contribution in [0.25, 0.3) is 16.7 Å². The maximum absolute atomic E-state index is 13.0. The number of carbonyl (C=O) groups excluding carboxylic acids is 1. The van der Waals surface area contributed by atoms with Gasteiger partial charge in [0, 0.05) is 17.3 Å². The fourth-order valence-corrected chi connectivity index (χ4v) is 3.64. The zero-order valence-electron chi connectivity index (χ0n) is 17.5. The van der Waals surface area contributed by atoms with Crippen LogP contribution in [-0.2, 0) is 6.54 Å². The van der Waals surface area contributed by atoms with Crippen LogP contribution < -0.4 is 5.32 Å². The van der Waals surface area contributed by atoms with Gasteiger partial charge < -0.3 is 5.32 Å². The van der Waals surface area contributed by atoms with E-state index in [9.17, 15) is 4.79 Å². The van der Waals surface area contributed by atoms with Crippen LogP contribution in [0, 0.1) is 27.7 Å². The average molecular weight is 419 g/mol. The Labute approximate surface area is 180 Å². The van der Waals surface area contributed by atoms with E-state index in [0.29, 0.717) is 22.8 Å². The third-order valence-electron chi connectivity index (χ3n) is 5.29. The normalized spacial score (nSPS) is 11.1. The van der Waals surface area contributed by atoms with Gasteiger partial charge in [0.2, 0.25) is 0 Å². The van der Waals surface area contributed by atoms with Gasteiger partial charge in [0.1, 0.15) is 0 Å². The van der Waals surface area contributed by atoms with E-state index in [4.69, 9.17) is 21.7 Å². The number of aryl methyl sites for hydroxylation is 4. The lowest BCUT2D eigenvalue weighted by Gasteiger charge is -2.09. The van der Waals surface area contributed by atoms with Crippen molar-refractivity contribution >= 4 is 28.5 Å². The van der Waals surface area contributed by atoms with Crippen LogP contribution in [0.4, 0.5) is 0 Å². The number of carbonyl (C=O) groups is 1. The molecule has 2 aromatic carbocycles. The van der Waals surface area contributed by atoms with E-state index in [1.54, 1.807) is 0 Å². The summed E-state index contributed by atoms with van der Waals surface area (Å²) in [7, 11) is 0. The maximum atomic E-state index is 13.0. The standard InChI is InChI=1S/C24H23ClN4O/c1-14-5-10-20(11-15(14)2)29-23-22(17(4)28-29)21(12-16(3)27-23)24(30)26-13-18-6-8-19(25)9-7-18/h5-12H,13H2,1-4H3,(H,26,30). The Balaban J connectivity index is 1.73.